The van der Waals surface area contributed by atoms with Crippen molar-refractivity contribution in [3.63, 3.8) is 0 Å². The quantitative estimate of drug-likeness (QED) is 0.934. The number of thiazole rings is 1. The first-order valence-electron chi connectivity index (χ1n) is 6.17. The number of amides is 1. The minimum absolute atomic E-state index is 0.163. The molecule has 1 unspecified atom stereocenters. The number of carbonyl (C=O) groups is 2. The summed E-state index contributed by atoms with van der Waals surface area (Å²) in [6.07, 6.45) is 3.57. The molecule has 0 aromatic carbocycles. The van der Waals surface area contributed by atoms with Crippen molar-refractivity contribution in [2.45, 2.75) is 6.42 Å². The summed E-state index contributed by atoms with van der Waals surface area (Å²) in [4.78, 5) is 29.4. The Bertz CT molecular complexity index is 635. The first-order valence-corrected chi connectivity index (χ1v) is 6.98. The van der Waals surface area contributed by atoms with Gasteiger partial charge in [-0.25, -0.2) is 4.98 Å². The maximum absolute atomic E-state index is 12.3. The fourth-order valence-corrected chi connectivity index (χ4v) is 3.04. The molecule has 6 nitrogen and oxygen atoms in total. The summed E-state index contributed by atoms with van der Waals surface area (Å²) in [6, 6.07) is 3.54. The molecule has 0 radical (unpaired) electrons. The maximum Gasteiger partial charge on any atom is 0.308 e. The summed E-state index contributed by atoms with van der Waals surface area (Å²) >= 11 is 1.25. The Hall–Kier alpha value is -2.15. The van der Waals surface area contributed by atoms with E-state index in [1.54, 1.807) is 23.3 Å². The molecule has 1 aliphatic rings. The molecule has 3 rings (SSSR count). The third kappa shape index (κ3) is 2.32. The van der Waals surface area contributed by atoms with Gasteiger partial charge >= 0.3 is 5.97 Å². The van der Waals surface area contributed by atoms with Crippen LogP contribution in [0.1, 0.15) is 16.1 Å². The number of hydrogen-bond donors (Lipinski definition) is 1. The molecule has 0 spiro atoms. The van der Waals surface area contributed by atoms with Gasteiger partial charge in [0.15, 0.2) is 10.8 Å². The van der Waals surface area contributed by atoms with Gasteiger partial charge in [0.25, 0.3) is 5.91 Å². The van der Waals surface area contributed by atoms with E-state index in [0.717, 1.165) is 0 Å². The molecule has 104 valence electrons. The van der Waals surface area contributed by atoms with E-state index in [0.29, 0.717) is 28.6 Å². The van der Waals surface area contributed by atoms with Crippen molar-refractivity contribution in [3.05, 3.63) is 29.5 Å². The van der Waals surface area contributed by atoms with Crippen LogP contribution in [0.2, 0.25) is 0 Å². The highest BCUT2D eigenvalue weighted by molar-refractivity contribution is 7.16. The predicted molar refractivity (Wildman–Crippen MR) is 71.5 cm³/mol. The van der Waals surface area contributed by atoms with Gasteiger partial charge in [-0.2, -0.15) is 0 Å². The van der Waals surface area contributed by atoms with Crippen LogP contribution in [0.5, 0.6) is 0 Å². The number of furan rings is 1. The summed E-state index contributed by atoms with van der Waals surface area (Å²) in [7, 11) is 0. The van der Waals surface area contributed by atoms with Gasteiger partial charge < -0.3 is 14.4 Å². The number of carbonyl (C=O) groups excluding carboxylic acids is 1. The van der Waals surface area contributed by atoms with E-state index in [1.165, 1.54) is 17.5 Å². The molecular formula is C13H12N2O4S. The van der Waals surface area contributed by atoms with Crippen molar-refractivity contribution in [2.75, 3.05) is 13.1 Å². The SMILES string of the molecule is O=C(O)C1CCN(C(=O)c2cnc(-c3ccco3)s2)C1. The Balaban J connectivity index is 1.74. The Morgan fingerprint density at radius 2 is 2.35 bits per heavy atom. The largest absolute Gasteiger partial charge is 0.481 e. The Morgan fingerprint density at radius 1 is 1.50 bits per heavy atom. The number of likely N-dealkylation sites (tertiary alicyclic amines) is 1. The first kappa shape index (κ1) is 12.9. The van der Waals surface area contributed by atoms with Crippen molar-refractivity contribution in [3.8, 4) is 10.8 Å². The molecule has 7 heteroatoms. The number of carboxylic acid groups (broad SMARTS) is 1. The monoisotopic (exact) mass is 292 g/mol. The fourth-order valence-electron chi connectivity index (χ4n) is 2.19. The molecule has 2 aromatic rings. The number of rotatable bonds is 3. The predicted octanol–water partition coefficient (Wildman–Crippen LogP) is 1.95. The lowest BCUT2D eigenvalue weighted by atomic mass is 10.1. The minimum atomic E-state index is -0.846. The first-order chi connectivity index (χ1) is 9.65. The van der Waals surface area contributed by atoms with Crippen LogP contribution < -0.4 is 0 Å². The lowest BCUT2D eigenvalue weighted by Crippen LogP contribution is -2.29. The summed E-state index contributed by atoms with van der Waals surface area (Å²) in [5, 5.41) is 9.60. The van der Waals surface area contributed by atoms with Crippen LogP contribution in [-0.4, -0.2) is 40.0 Å². The zero-order valence-corrected chi connectivity index (χ0v) is 11.3. The van der Waals surface area contributed by atoms with Crippen LogP contribution in [0.3, 0.4) is 0 Å². The number of nitrogens with zero attached hydrogens (tertiary/aromatic N) is 2. The zero-order valence-electron chi connectivity index (χ0n) is 10.5. The van der Waals surface area contributed by atoms with Gasteiger partial charge in [0.2, 0.25) is 0 Å². The maximum atomic E-state index is 12.3. The van der Waals surface area contributed by atoms with Crippen molar-refractivity contribution >= 4 is 23.2 Å². The Labute approximate surface area is 118 Å². The van der Waals surface area contributed by atoms with Crippen molar-refractivity contribution in [2.24, 2.45) is 5.92 Å². The molecule has 1 aliphatic heterocycles. The van der Waals surface area contributed by atoms with Gasteiger partial charge in [-0.15, -0.1) is 11.3 Å². The van der Waals surface area contributed by atoms with E-state index in [-0.39, 0.29) is 12.5 Å². The summed E-state index contributed by atoms with van der Waals surface area (Å²) in [5.41, 5.74) is 0. The van der Waals surface area contributed by atoms with E-state index in [4.69, 9.17) is 9.52 Å². The van der Waals surface area contributed by atoms with E-state index >= 15 is 0 Å². The fraction of sp³-hybridized carbons (Fsp3) is 0.308. The lowest BCUT2D eigenvalue weighted by Gasteiger charge is -2.13. The number of aromatic nitrogens is 1. The second-order valence-electron chi connectivity index (χ2n) is 4.58. The Morgan fingerprint density at radius 3 is 3.00 bits per heavy atom. The third-order valence-corrected chi connectivity index (χ3v) is 4.27. The summed E-state index contributed by atoms with van der Waals surface area (Å²) in [5.74, 6) is -0.847. The topological polar surface area (TPSA) is 83.6 Å². The van der Waals surface area contributed by atoms with E-state index in [2.05, 4.69) is 4.98 Å². The molecular weight excluding hydrogens is 280 g/mol. The molecule has 0 aliphatic carbocycles. The molecule has 1 atom stereocenters. The normalized spacial score (nSPS) is 18.4. The van der Waals surface area contributed by atoms with Gasteiger partial charge in [0.05, 0.1) is 18.4 Å². The van der Waals surface area contributed by atoms with Crippen LogP contribution in [-0.2, 0) is 4.79 Å². The van der Waals surface area contributed by atoms with E-state index in [1.807, 2.05) is 0 Å². The molecule has 0 bridgehead atoms. The molecule has 1 amide bonds. The molecule has 1 fully saturated rings. The highest BCUT2D eigenvalue weighted by Gasteiger charge is 2.32. The van der Waals surface area contributed by atoms with Crippen LogP contribution in [0.15, 0.2) is 29.0 Å². The van der Waals surface area contributed by atoms with Gasteiger partial charge in [-0.1, -0.05) is 0 Å². The van der Waals surface area contributed by atoms with Gasteiger partial charge in [-0.3, -0.25) is 9.59 Å². The molecule has 1 N–H and O–H groups in total. The number of aliphatic carboxylic acids is 1. The van der Waals surface area contributed by atoms with Crippen molar-refractivity contribution in [1.82, 2.24) is 9.88 Å². The van der Waals surface area contributed by atoms with Crippen LogP contribution >= 0.6 is 11.3 Å². The molecule has 20 heavy (non-hydrogen) atoms. The Kier molecular flexibility index (Phi) is 3.27. The second kappa shape index (κ2) is 5.09. The highest BCUT2D eigenvalue weighted by Crippen LogP contribution is 2.27. The zero-order chi connectivity index (χ0) is 14.1. The standard InChI is InChI=1S/C13H12N2O4S/c16-12(15-4-3-8(7-15)13(17)18)10-6-14-11(20-10)9-2-1-5-19-9/h1-2,5-6,8H,3-4,7H2,(H,17,18). The van der Waals surface area contributed by atoms with Crippen molar-refractivity contribution in [1.29, 1.82) is 0 Å². The summed E-state index contributed by atoms with van der Waals surface area (Å²) in [6.45, 7) is 0.742. The molecule has 2 aromatic heterocycles. The average Bonchev–Trinajstić information content (AvgIpc) is 3.17. The van der Waals surface area contributed by atoms with Gasteiger partial charge in [0.1, 0.15) is 4.88 Å². The van der Waals surface area contributed by atoms with Gasteiger partial charge in [0, 0.05) is 13.1 Å². The highest BCUT2D eigenvalue weighted by atomic mass is 32.1. The lowest BCUT2D eigenvalue weighted by molar-refractivity contribution is -0.141. The van der Waals surface area contributed by atoms with E-state index in [9.17, 15) is 9.59 Å². The average molecular weight is 292 g/mol. The van der Waals surface area contributed by atoms with Crippen molar-refractivity contribution < 1.29 is 19.1 Å². The molecule has 1 saturated heterocycles. The minimum Gasteiger partial charge on any atom is -0.481 e. The second-order valence-corrected chi connectivity index (χ2v) is 5.61. The summed E-state index contributed by atoms with van der Waals surface area (Å²) < 4.78 is 5.23. The smallest absolute Gasteiger partial charge is 0.308 e. The van der Waals surface area contributed by atoms with Crippen LogP contribution in [0.4, 0.5) is 0 Å². The van der Waals surface area contributed by atoms with Gasteiger partial charge in [-0.05, 0) is 18.6 Å². The third-order valence-electron chi connectivity index (χ3n) is 3.27. The van der Waals surface area contributed by atoms with E-state index < -0.39 is 11.9 Å². The number of hydrogen-bond acceptors (Lipinski definition) is 5. The van der Waals surface area contributed by atoms with Crippen LogP contribution in [0, 0.1) is 5.92 Å². The number of carboxylic acids is 1. The molecule has 3 heterocycles. The van der Waals surface area contributed by atoms with Crippen LogP contribution in [0.25, 0.3) is 10.8 Å². The molecule has 0 saturated carbocycles.